The quantitative estimate of drug-likeness (QED) is 0.401. The van der Waals surface area contributed by atoms with E-state index in [4.69, 9.17) is 13.9 Å². The van der Waals surface area contributed by atoms with Gasteiger partial charge < -0.3 is 23.7 Å². The Bertz CT molecular complexity index is 1340. The number of fused-ring (bicyclic) bond motifs is 1. The molecule has 0 saturated carbocycles. The number of hydrogen-bond acceptors (Lipinski definition) is 5. The van der Waals surface area contributed by atoms with Gasteiger partial charge in [0.05, 0.1) is 7.11 Å². The van der Waals surface area contributed by atoms with Gasteiger partial charge in [0.25, 0.3) is 5.91 Å². The number of carbonyl (C=O) groups is 1. The van der Waals surface area contributed by atoms with Crippen molar-refractivity contribution in [2.75, 3.05) is 31.6 Å². The fourth-order valence-corrected chi connectivity index (χ4v) is 5.93. The molecule has 1 fully saturated rings. The first kappa shape index (κ1) is 26.2. The minimum absolute atomic E-state index is 0.0387. The molecule has 3 heterocycles. The molecular formula is C32H40N2O4. The first-order chi connectivity index (χ1) is 18.1. The summed E-state index contributed by atoms with van der Waals surface area (Å²) in [5, 5.41) is 0. The molecule has 0 bridgehead atoms. The molecule has 1 aromatic heterocycles. The monoisotopic (exact) mass is 516 g/mol. The zero-order valence-electron chi connectivity index (χ0n) is 23.8. The molecule has 5 rings (SSSR count). The number of piperazine rings is 1. The number of rotatable bonds is 5. The van der Waals surface area contributed by atoms with Crippen LogP contribution in [0.2, 0.25) is 0 Å². The molecule has 1 saturated heterocycles. The van der Waals surface area contributed by atoms with Crippen molar-refractivity contribution in [1.29, 1.82) is 0 Å². The van der Waals surface area contributed by atoms with E-state index in [0.29, 0.717) is 25.3 Å². The van der Waals surface area contributed by atoms with Crippen LogP contribution in [0.1, 0.15) is 71.3 Å². The number of hydrogen-bond donors (Lipinski definition) is 0. The van der Waals surface area contributed by atoms with Crippen LogP contribution in [0.15, 0.2) is 40.8 Å². The predicted molar refractivity (Wildman–Crippen MR) is 151 cm³/mol. The smallest absolute Gasteiger partial charge is 0.289 e. The molecule has 38 heavy (non-hydrogen) atoms. The molecule has 6 heteroatoms. The van der Waals surface area contributed by atoms with E-state index in [-0.39, 0.29) is 17.6 Å². The van der Waals surface area contributed by atoms with E-state index in [1.165, 1.54) is 27.8 Å². The average molecular weight is 517 g/mol. The molecule has 202 valence electrons. The van der Waals surface area contributed by atoms with Crippen LogP contribution in [0.3, 0.4) is 0 Å². The molecule has 1 unspecified atom stereocenters. The van der Waals surface area contributed by atoms with Crippen LogP contribution in [-0.2, 0) is 12.8 Å². The van der Waals surface area contributed by atoms with Crippen LogP contribution in [0, 0.1) is 20.8 Å². The third kappa shape index (κ3) is 4.89. The summed E-state index contributed by atoms with van der Waals surface area (Å²) in [6.45, 7) is 15.1. The topological polar surface area (TPSA) is 55.2 Å². The normalized spacial score (nSPS) is 18.7. The number of benzene rings is 2. The summed E-state index contributed by atoms with van der Waals surface area (Å²) < 4.78 is 17.8. The summed E-state index contributed by atoms with van der Waals surface area (Å²) in [5.41, 5.74) is 7.34. The van der Waals surface area contributed by atoms with E-state index in [1.54, 1.807) is 7.11 Å². The van der Waals surface area contributed by atoms with Gasteiger partial charge in [0.1, 0.15) is 22.9 Å². The van der Waals surface area contributed by atoms with E-state index in [0.717, 1.165) is 42.3 Å². The summed E-state index contributed by atoms with van der Waals surface area (Å²) in [5.74, 6) is 3.10. The van der Waals surface area contributed by atoms with Crippen LogP contribution in [0.4, 0.5) is 5.69 Å². The van der Waals surface area contributed by atoms with Gasteiger partial charge in [-0.3, -0.25) is 4.79 Å². The lowest BCUT2D eigenvalue weighted by molar-refractivity contribution is 0.0692. The Morgan fingerprint density at radius 2 is 1.76 bits per heavy atom. The first-order valence-electron chi connectivity index (χ1n) is 13.7. The van der Waals surface area contributed by atoms with Crippen LogP contribution >= 0.6 is 0 Å². The summed E-state index contributed by atoms with van der Waals surface area (Å²) >= 11 is 0. The van der Waals surface area contributed by atoms with Gasteiger partial charge in [-0.05, 0) is 119 Å². The second kappa shape index (κ2) is 10.0. The predicted octanol–water partition coefficient (Wildman–Crippen LogP) is 6.26. The molecule has 2 aromatic carbocycles. The van der Waals surface area contributed by atoms with Gasteiger partial charge in [-0.2, -0.15) is 0 Å². The zero-order valence-corrected chi connectivity index (χ0v) is 23.8. The third-order valence-electron chi connectivity index (χ3n) is 8.43. The third-order valence-corrected chi connectivity index (χ3v) is 8.43. The molecule has 0 N–H and O–H groups in total. The van der Waals surface area contributed by atoms with Crippen molar-refractivity contribution >= 4 is 11.6 Å². The first-order valence-corrected chi connectivity index (χ1v) is 13.7. The molecule has 2 aliphatic rings. The van der Waals surface area contributed by atoms with Gasteiger partial charge in [0.15, 0.2) is 5.76 Å². The molecule has 1 amide bonds. The number of nitrogens with zero attached hydrogens (tertiary/aromatic N) is 2. The number of ether oxygens (including phenoxy) is 2. The second-order valence-electron chi connectivity index (χ2n) is 11.5. The summed E-state index contributed by atoms with van der Waals surface area (Å²) in [4.78, 5) is 17.6. The van der Waals surface area contributed by atoms with E-state index in [9.17, 15) is 4.79 Å². The standard InChI is InChI=1S/C32H40N2O4/c1-20-19-33(16-17-34(20)24-8-10-25(36-7)11-9-24)31(35)29-13-12-26(37-29)18-28-21(2)22(3)30-27(23(28)4)14-15-32(5,6)38-30/h8-13,20H,14-19H2,1-7H3. The average Bonchev–Trinajstić information content (AvgIpc) is 3.37. The minimum Gasteiger partial charge on any atom is -0.497 e. The number of amides is 1. The molecule has 1 atom stereocenters. The van der Waals surface area contributed by atoms with Gasteiger partial charge in [-0.25, -0.2) is 0 Å². The van der Waals surface area contributed by atoms with Crippen molar-refractivity contribution in [3.05, 3.63) is 75.7 Å². The Hall–Kier alpha value is -3.41. The minimum atomic E-state index is -0.133. The summed E-state index contributed by atoms with van der Waals surface area (Å²) in [7, 11) is 1.67. The molecular weight excluding hydrogens is 476 g/mol. The Morgan fingerprint density at radius 3 is 2.45 bits per heavy atom. The highest BCUT2D eigenvalue weighted by atomic mass is 16.5. The molecule has 0 radical (unpaired) electrons. The molecule has 6 nitrogen and oxygen atoms in total. The van der Waals surface area contributed by atoms with E-state index < -0.39 is 0 Å². The lowest BCUT2D eigenvalue weighted by atomic mass is 9.84. The second-order valence-corrected chi connectivity index (χ2v) is 11.5. The van der Waals surface area contributed by atoms with Crippen LogP contribution in [0.25, 0.3) is 0 Å². The van der Waals surface area contributed by atoms with Crippen molar-refractivity contribution in [3.63, 3.8) is 0 Å². The lowest BCUT2D eigenvalue weighted by Crippen LogP contribution is -2.53. The summed E-state index contributed by atoms with van der Waals surface area (Å²) in [6.07, 6.45) is 2.70. The maximum Gasteiger partial charge on any atom is 0.289 e. The number of carbonyl (C=O) groups excluding carboxylic acids is 1. The Kier molecular flexibility index (Phi) is 6.93. The molecule has 3 aromatic rings. The Morgan fingerprint density at radius 1 is 1.03 bits per heavy atom. The zero-order chi connectivity index (χ0) is 27.2. The van der Waals surface area contributed by atoms with Gasteiger partial charge in [-0.15, -0.1) is 0 Å². The van der Waals surface area contributed by atoms with Gasteiger partial charge >= 0.3 is 0 Å². The van der Waals surface area contributed by atoms with E-state index in [2.05, 4.69) is 58.6 Å². The molecule has 2 aliphatic heterocycles. The fraction of sp³-hybridized carbons (Fsp3) is 0.469. The van der Waals surface area contributed by atoms with Crippen molar-refractivity contribution in [1.82, 2.24) is 4.90 Å². The van der Waals surface area contributed by atoms with Crippen molar-refractivity contribution in [3.8, 4) is 11.5 Å². The largest absolute Gasteiger partial charge is 0.497 e. The van der Waals surface area contributed by atoms with Crippen LogP contribution in [-0.4, -0.2) is 49.2 Å². The van der Waals surface area contributed by atoms with Crippen LogP contribution < -0.4 is 14.4 Å². The highest BCUT2D eigenvalue weighted by molar-refractivity contribution is 5.91. The maximum atomic E-state index is 13.4. The SMILES string of the molecule is COc1ccc(N2CCN(C(=O)c3ccc(Cc4c(C)c(C)c5c(c4C)CCC(C)(C)O5)o3)CC2C)cc1. The number of methoxy groups -OCH3 is 1. The highest BCUT2D eigenvalue weighted by Gasteiger charge is 2.32. The lowest BCUT2D eigenvalue weighted by Gasteiger charge is -2.41. The Labute approximate surface area is 226 Å². The van der Waals surface area contributed by atoms with Crippen molar-refractivity contribution in [2.45, 2.75) is 72.4 Å². The molecule has 0 aliphatic carbocycles. The van der Waals surface area contributed by atoms with E-state index >= 15 is 0 Å². The van der Waals surface area contributed by atoms with Gasteiger partial charge in [0.2, 0.25) is 0 Å². The molecule has 0 spiro atoms. The van der Waals surface area contributed by atoms with Crippen molar-refractivity contribution in [2.24, 2.45) is 0 Å². The maximum absolute atomic E-state index is 13.4. The number of anilines is 1. The number of furan rings is 1. The summed E-state index contributed by atoms with van der Waals surface area (Å²) in [6, 6.07) is 12.1. The fourth-order valence-electron chi connectivity index (χ4n) is 5.93. The van der Waals surface area contributed by atoms with E-state index in [1.807, 2.05) is 29.2 Å². The van der Waals surface area contributed by atoms with Crippen LogP contribution in [0.5, 0.6) is 11.5 Å². The highest BCUT2D eigenvalue weighted by Crippen LogP contribution is 2.41. The van der Waals surface area contributed by atoms with Crippen molar-refractivity contribution < 1.29 is 18.7 Å². The Balaban J connectivity index is 1.29. The van der Waals surface area contributed by atoms with Gasteiger partial charge in [-0.1, -0.05) is 0 Å². The van der Waals surface area contributed by atoms with Gasteiger partial charge in [0, 0.05) is 37.8 Å².